The Morgan fingerprint density at radius 3 is 2.46 bits per heavy atom. The Morgan fingerprint density at radius 2 is 1.86 bits per heavy atom. The number of carbonyl (C=O) groups is 2. The van der Waals surface area contributed by atoms with Gasteiger partial charge in [-0.25, -0.2) is 13.2 Å². The Hall–Kier alpha value is -1.97. The molecule has 3 atom stereocenters. The van der Waals surface area contributed by atoms with E-state index < -0.39 is 22.1 Å². The molecule has 0 spiro atoms. The molecule has 0 radical (unpaired) electrons. The van der Waals surface area contributed by atoms with Gasteiger partial charge in [0.1, 0.15) is 0 Å². The lowest BCUT2D eigenvalue weighted by atomic mass is 10.2. The first-order valence-corrected chi connectivity index (χ1v) is 10.9. The van der Waals surface area contributed by atoms with Gasteiger partial charge in [-0.2, -0.15) is 4.31 Å². The minimum Gasteiger partial charge on any atom is -0.449 e. The van der Waals surface area contributed by atoms with Gasteiger partial charge in [-0.15, -0.1) is 0 Å². The van der Waals surface area contributed by atoms with E-state index in [2.05, 4.69) is 5.32 Å². The zero-order valence-electron chi connectivity index (χ0n) is 16.3. The van der Waals surface area contributed by atoms with E-state index in [1.165, 1.54) is 35.5 Å². The lowest BCUT2D eigenvalue weighted by molar-refractivity contribution is -0.129. The maximum absolute atomic E-state index is 13.0. The number of benzene rings is 1. The number of esters is 1. The van der Waals surface area contributed by atoms with Crippen LogP contribution < -0.4 is 5.32 Å². The second-order valence-corrected chi connectivity index (χ2v) is 9.38. The van der Waals surface area contributed by atoms with Crippen molar-refractivity contribution in [3.8, 4) is 0 Å². The molecule has 2 fully saturated rings. The van der Waals surface area contributed by atoms with Crippen LogP contribution in [0.4, 0.5) is 0 Å². The number of sulfonamides is 1. The topological polar surface area (TPSA) is 102 Å². The number of carbonyl (C=O) groups excluding carboxylic acids is 2. The van der Waals surface area contributed by atoms with Crippen LogP contribution in [0.25, 0.3) is 0 Å². The van der Waals surface area contributed by atoms with Crippen LogP contribution in [-0.2, 0) is 24.3 Å². The second-order valence-electron chi connectivity index (χ2n) is 7.44. The lowest BCUT2D eigenvalue weighted by Gasteiger charge is -2.34. The Kier molecular flexibility index (Phi) is 6.07. The molecule has 1 amide bonds. The van der Waals surface area contributed by atoms with Crippen LogP contribution in [-0.4, -0.2) is 62.0 Å². The van der Waals surface area contributed by atoms with Gasteiger partial charge in [0, 0.05) is 19.1 Å². The average molecular weight is 410 g/mol. The van der Waals surface area contributed by atoms with Crippen molar-refractivity contribution in [3.05, 3.63) is 29.8 Å². The van der Waals surface area contributed by atoms with Gasteiger partial charge >= 0.3 is 5.97 Å². The Labute approximate surface area is 165 Å². The molecule has 0 bridgehead atoms. The first-order chi connectivity index (χ1) is 13.2. The summed E-state index contributed by atoms with van der Waals surface area (Å²) in [5.74, 6) is -1.09. The van der Waals surface area contributed by atoms with Crippen molar-refractivity contribution >= 4 is 21.9 Å². The summed E-state index contributed by atoms with van der Waals surface area (Å²) in [6.45, 7) is 5.63. The van der Waals surface area contributed by atoms with Crippen LogP contribution >= 0.6 is 0 Å². The molecule has 1 aromatic rings. The van der Waals surface area contributed by atoms with E-state index in [0.717, 1.165) is 12.8 Å². The highest BCUT2D eigenvalue weighted by Gasteiger charge is 2.33. The van der Waals surface area contributed by atoms with Crippen molar-refractivity contribution < 1.29 is 27.5 Å². The molecule has 8 nitrogen and oxygen atoms in total. The summed E-state index contributed by atoms with van der Waals surface area (Å²) in [4.78, 5) is 24.4. The van der Waals surface area contributed by atoms with E-state index in [9.17, 15) is 18.0 Å². The zero-order chi connectivity index (χ0) is 20.5. The SMILES string of the molecule is C[C@@H]1CN(S(=O)(=O)c2cccc(C(=O)O[C@@H](C)C(=O)NC3CC3)c2)C[C@H](C)O1. The third kappa shape index (κ3) is 4.89. The van der Waals surface area contributed by atoms with E-state index in [0.29, 0.717) is 0 Å². The first kappa shape index (κ1) is 20.8. The van der Waals surface area contributed by atoms with Crippen LogP contribution in [0.5, 0.6) is 0 Å². The van der Waals surface area contributed by atoms with Crippen molar-refractivity contribution in [2.24, 2.45) is 0 Å². The van der Waals surface area contributed by atoms with Crippen molar-refractivity contribution in [1.29, 1.82) is 0 Å². The molecule has 1 saturated heterocycles. The molecule has 0 unspecified atom stereocenters. The highest BCUT2D eigenvalue weighted by molar-refractivity contribution is 7.89. The summed E-state index contributed by atoms with van der Waals surface area (Å²) >= 11 is 0. The average Bonchev–Trinajstić information content (AvgIpc) is 3.44. The minimum atomic E-state index is -3.77. The molecular weight excluding hydrogens is 384 g/mol. The maximum Gasteiger partial charge on any atom is 0.338 e. The number of amides is 1. The van der Waals surface area contributed by atoms with Crippen molar-refractivity contribution in [2.45, 2.75) is 62.9 Å². The van der Waals surface area contributed by atoms with Crippen LogP contribution in [0.1, 0.15) is 44.0 Å². The summed E-state index contributed by atoms with van der Waals surface area (Å²) in [5, 5.41) is 2.77. The molecule has 1 N–H and O–H groups in total. The number of hydrogen-bond acceptors (Lipinski definition) is 6. The summed E-state index contributed by atoms with van der Waals surface area (Å²) in [7, 11) is -3.77. The maximum atomic E-state index is 13.0. The Balaban J connectivity index is 1.71. The number of morpholine rings is 1. The van der Waals surface area contributed by atoms with E-state index >= 15 is 0 Å². The monoisotopic (exact) mass is 410 g/mol. The molecule has 0 aromatic heterocycles. The molecule has 9 heteroatoms. The summed E-state index contributed by atoms with van der Waals surface area (Å²) < 4.78 is 38.1. The third-order valence-corrected chi connectivity index (χ3v) is 6.50. The Morgan fingerprint density at radius 1 is 1.21 bits per heavy atom. The van der Waals surface area contributed by atoms with Gasteiger partial charge in [0.05, 0.1) is 22.7 Å². The molecule has 1 heterocycles. The van der Waals surface area contributed by atoms with Crippen molar-refractivity contribution in [2.75, 3.05) is 13.1 Å². The molecular formula is C19H26N2O6S. The van der Waals surface area contributed by atoms with Crippen LogP contribution in [0.2, 0.25) is 0 Å². The zero-order valence-corrected chi connectivity index (χ0v) is 17.1. The van der Waals surface area contributed by atoms with Crippen LogP contribution in [0.15, 0.2) is 29.2 Å². The minimum absolute atomic E-state index is 0.0123. The molecule has 28 heavy (non-hydrogen) atoms. The van der Waals surface area contributed by atoms with Gasteiger partial charge in [0.15, 0.2) is 6.10 Å². The second kappa shape index (κ2) is 8.18. The molecule has 1 saturated carbocycles. The molecule has 1 aliphatic carbocycles. The van der Waals surface area contributed by atoms with Gasteiger partial charge in [0.2, 0.25) is 10.0 Å². The summed E-state index contributed by atoms with van der Waals surface area (Å²) in [6.07, 6.45) is 0.500. The summed E-state index contributed by atoms with van der Waals surface area (Å²) in [5.41, 5.74) is 0.0847. The number of ether oxygens (including phenoxy) is 2. The fraction of sp³-hybridized carbons (Fsp3) is 0.579. The first-order valence-electron chi connectivity index (χ1n) is 9.44. The number of nitrogens with zero attached hydrogens (tertiary/aromatic N) is 1. The van der Waals surface area contributed by atoms with Gasteiger partial charge < -0.3 is 14.8 Å². The quantitative estimate of drug-likeness (QED) is 0.710. The molecule has 2 aliphatic rings. The summed E-state index contributed by atoms with van der Waals surface area (Å²) in [6, 6.07) is 5.86. The Bertz CT molecular complexity index is 842. The molecule has 1 aromatic carbocycles. The fourth-order valence-electron chi connectivity index (χ4n) is 3.09. The molecule has 1 aliphatic heterocycles. The van der Waals surface area contributed by atoms with Gasteiger partial charge in [-0.3, -0.25) is 4.79 Å². The van der Waals surface area contributed by atoms with Gasteiger partial charge in [-0.05, 0) is 51.8 Å². The van der Waals surface area contributed by atoms with E-state index in [-0.39, 0.29) is 47.7 Å². The van der Waals surface area contributed by atoms with Gasteiger partial charge in [-0.1, -0.05) is 6.07 Å². The highest BCUT2D eigenvalue weighted by atomic mass is 32.2. The fourth-order valence-corrected chi connectivity index (χ4v) is 4.72. The predicted molar refractivity (Wildman–Crippen MR) is 101 cm³/mol. The number of nitrogens with one attached hydrogen (secondary N) is 1. The van der Waals surface area contributed by atoms with Crippen molar-refractivity contribution in [1.82, 2.24) is 9.62 Å². The van der Waals surface area contributed by atoms with E-state index in [4.69, 9.17) is 9.47 Å². The normalized spacial score (nSPS) is 24.4. The van der Waals surface area contributed by atoms with Crippen molar-refractivity contribution in [3.63, 3.8) is 0 Å². The smallest absolute Gasteiger partial charge is 0.338 e. The van der Waals surface area contributed by atoms with Crippen LogP contribution in [0, 0.1) is 0 Å². The highest BCUT2D eigenvalue weighted by Crippen LogP contribution is 2.22. The molecule has 154 valence electrons. The van der Waals surface area contributed by atoms with Gasteiger partial charge in [0.25, 0.3) is 5.91 Å². The standard InChI is InChI=1S/C19H26N2O6S/c1-12-10-21(11-13(2)26-12)28(24,25)17-6-4-5-15(9-17)19(23)27-14(3)18(22)20-16-7-8-16/h4-6,9,12-14,16H,7-8,10-11H2,1-3H3,(H,20,22)/t12-,13+,14-/m0/s1. The van der Waals surface area contributed by atoms with E-state index in [1.54, 1.807) is 0 Å². The van der Waals surface area contributed by atoms with Crippen LogP contribution in [0.3, 0.4) is 0 Å². The number of rotatable bonds is 6. The lowest BCUT2D eigenvalue weighted by Crippen LogP contribution is -2.48. The third-order valence-electron chi connectivity index (χ3n) is 4.67. The predicted octanol–water partition coefficient (Wildman–Crippen LogP) is 1.31. The van der Waals surface area contributed by atoms with E-state index in [1.807, 2.05) is 13.8 Å². The number of hydrogen-bond donors (Lipinski definition) is 1. The largest absolute Gasteiger partial charge is 0.449 e. The molecule has 3 rings (SSSR count).